The summed E-state index contributed by atoms with van der Waals surface area (Å²) in [4.78, 5) is 21.6. The fourth-order valence-electron chi connectivity index (χ4n) is 4.38. The Morgan fingerprint density at radius 1 is 1.10 bits per heavy atom. The third kappa shape index (κ3) is 5.28. The molecule has 40 heavy (non-hydrogen) atoms. The second kappa shape index (κ2) is 10.7. The van der Waals surface area contributed by atoms with Crippen molar-refractivity contribution in [2.75, 3.05) is 19.5 Å². The lowest BCUT2D eigenvalue weighted by molar-refractivity contribution is -0.140. The van der Waals surface area contributed by atoms with Gasteiger partial charge in [-0.3, -0.25) is 0 Å². The van der Waals surface area contributed by atoms with Crippen molar-refractivity contribution in [1.82, 2.24) is 29.5 Å². The van der Waals surface area contributed by atoms with Crippen molar-refractivity contribution in [2.24, 2.45) is 0 Å². The van der Waals surface area contributed by atoms with Gasteiger partial charge in [-0.25, -0.2) is 24.9 Å². The minimum absolute atomic E-state index is 0.134. The third-order valence-electron chi connectivity index (χ3n) is 6.54. The lowest BCUT2D eigenvalue weighted by Gasteiger charge is -2.16. The van der Waals surface area contributed by atoms with Crippen molar-refractivity contribution in [3.8, 4) is 34.4 Å². The Morgan fingerprint density at radius 3 is 2.50 bits per heavy atom. The molecule has 3 heterocycles. The number of alkyl halides is 3. The van der Waals surface area contributed by atoms with Gasteiger partial charge in [0.25, 0.3) is 0 Å². The number of anilines is 2. The Bertz CT molecular complexity index is 1530. The quantitative estimate of drug-likeness (QED) is 0.275. The predicted octanol–water partition coefficient (Wildman–Crippen LogP) is 5.53. The highest BCUT2D eigenvalue weighted by atomic mass is 19.4. The summed E-state index contributed by atoms with van der Waals surface area (Å²) in [5, 5.41) is 13.1. The van der Waals surface area contributed by atoms with Crippen LogP contribution >= 0.6 is 0 Å². The Kier molecular flexibility index (Phi) is 7.32. The molecule has 210 valence electrons. The highest BCUT2D eigenvalue weighted by Crippen LogP contribution is 2.45. The van der Waals surface area contributed by atoms with Crippen LogP contribution in [0, 0.1) is 0 Å². The molecule has 4 aromatic rings. The zero-order chi connectivity index (χ0) is 28.6. The number of aliphatic hydroxyl groups is 1. The molecule has 10 nitrogen and oxygen atoms in total. The number of halogens is 3. The first-order valence-corrected chi connectivity index (χ1v) is 12.6. The molecule has 1 fully saturated rings. The van der Waals surface area contributed by atoms with E-state index in [1.165, 1.54) is 31.3 Å². The smallest absolute Gasteiger partial charge is 0.434 e. The highest BCUT2D eigenvalue weighted by molar-refractivity contribution is 5.73. The van der Waals surface area contributed by atoms with Gasteiger partial charge in [-0.05, 0) is 38.8 Å². The lowest BCUT2D eigenvalue weighted by atomic mass is 10.1. The van der Waals surface area contributed by atoms with Gasteiger partial charge in [-0.1, -0.05) is 0 Å². The van der Waals surface area contributed by atoms with Crippen molar-refractivity contribution in [1.29, 1.82) is 0 Å². The van der Waals surface area contributed by atoms with Crippen LogP contribution in [-0.4, -0.2) is 48.8 Å². The first kappa shape index (κ1) is 27.3. The number of imidazole rings is 1. The van der Waals surface area contributed by atoms with Crippen LogP contribution in [0.2, 0.25) is 0 Å². The molecule has 0 unspecified atom stereocenters. The summed E-state index contributed by atoms with van der Waals surface area (Å²) in [5.74, 6) is 1.73. The van der Waals surface area contributed by atoms with E-state index in [0.29, 0.717) is 45.6 Å². The molecule has 0 bridgehead atoms. The van der Waals surface area contributed by atoms with E-state index in [1.54, 1.807) is 32.0 Å². The maximum atomic E-state index is 13.4. The maximum absolute atomic E-state index is 13.4. The number of methoxy groups -OCH3 is 2. The standard InChI is InChI=1S/C27H28F3N7O3/c1-14(2)37-11-20(27(28,29)30)35-25(37)18-8-7-17(9-19(18)39-3)34-23-16(12-38)10-31-24(36-23)21-22(15-5-6-15)32-13-33-26(21)40-4/h7-11,13-15,38H,5-6,12H2,1-4H3,(H,31,34,36). The van der Waals surface area contributed by atoms with E-state index >= 15 is 0 Å². The topological polar surface area (TPSA) is 120 Å². The van der Waals surface area contributed by atoms with Crippen molar-refractivity contribution in [3.63, 3.8) is 0 Å². The molecule has 0 radical (unpaired) electrons. The van der Waals surface area contributed by atoms with Crippen LogP contribution in [0.15, 0.2) is 36.9 Å². The minimum Gasteiger partial charge on any atom is -0.496 e. The molecule has 2 N–H and O–H groups in total. The van der Waals surface area contributed by atoms with Gasteiger partial charge in [0.05, 0.1) is 32.1 Å². The summed E-state index contributed by atoms with van der Waals surface area (Å²) in [6, 6.07) is 4.66. The Labute approximate surface area is 228 Å². The second-order valence-electron chi connectivity index (χ2n) is 9.63. The van der Waals surface area contributed by atoms with E-state index < -0.39 is 11.9 Å². The maximum Gasteiger partial charge on any atom is 0.434 e. The molecular formula is C27H28F3N7O3. The van der Waals surface area contributed by atoms with E-state index in [-0.39, 0.29) is 24.4 Å². The number of hydrogen-bond acceptors (Lipinski definition) is 9. The van der Waals surface area contributed by atoms with E-state index in [4.69, 9.17) is 9.47 Å². The van der Waals surface area contributed by atoms with Crippen molar-refractivity contribution in [2.45, 2.75) is 51.4 Å². The fourth-order valence-corrected chi connectivity index (χ4v) is 4.38. The Balaban J connectivity index is 1.53. The highest BCUT2D eigenvalue weighted by Gasteiger charge is 2.36. The van der Waals surface area contributed by atoms with Gasteiger partial charge in [-0.2, -0.15) is 13.2 Å². The van der Waals surface area contributed by atoms with Crippen molar-refractivity contribution in [3.05, 3.63) is 53.9 Å². The monoisotopic (exact) mass is 555 g/mol. The Hall–Kier alpha value is -4.26. The van der Waals surface area contributed by atoms with Crippen LogP contribution < -0.4 is 14.8 Å². The van der Waals surface area contributed by atoms with Crippen LogP contribution in [0.5, 0.6) is 11.6 Å². The molecule has 0 atom stereocenters. The number of nitrogens with one attached hydrogen (secondary N) is 1. The van der Waals surface area contributed by atoms with Crippen LogP contribution in [0.25, 0.3) is 22.8 Å². The number of aromatic nitrogens is 6. The van der Waals surface area contributed by atoms with Gasteiger partial charge in [0.2, 0.25) is 5.88 Å². The van der Waals surface area contributed by atoms with E-state index in [2.05, 4.69) is 30.2 Å². The molecule has 0 saturated heterocycles. The van der Waals surface area contributed by atoms with Crippen LogP contribution in [0.1, 0.15) is 55.6 Å². The molecule has 13 heteroatoms. The number of aliphatic hydroxyl groups excluding tert-OH is 1. The number of rotatable bonds is 9. The summed E-state index contributed by atoms with van der Waals surface area (Å²) in [6.45, 7) is 3.22. The number of benzene rings is 1. The number of ether oxygens (including phenoxy) is 2. The van der Waals surface area contributed by atoms with Crippen LogP contribution in [0.4, 0.5) is 24.7 Å². The average Bonchev–Trinajstić information content (AvgIpc) is 3.68. The summed E-state index contributed by atoms with van der Waals surface area (Å²) in [5.41, 5.74) is 1.77. The molecule has 1 saturated carbocycles. The summed E-state index contributed by atoms with van der Waals surface area (Å²) >= 11 is 0. The summed E-state index contributed by atoms with van der Waals surface area (Å²) in [6.07, 6.45) is 1.38. The fraction of sp³-hybridized carbons (Fsp3) is 0.370. The molecular weight excluding hydrogens is 527 g/mol. The molecule has 0 spiro atoms. The normalized spacial score (nSPS) is 13.5. The first-order valence-electron chi connectivity index (χ1n) is 12.6. The van der Waals surface area contributed by atoms with Gasteiger partial charge in [-0.15, -0.1) is 0 Å². The zero-order valence-electron chi connectivity index (χ0n) is 22.3. The first-order chi connectivity index (χ1) is 19.1. The predicted molar refractivity (Wildman–Crippen MR) is 140 cm³/mol. The van der Waals surface area contributed by atoms with Gasteiger partial charge < -0.3 is 24.5 Å². The van der Waals surface area contributed by atoms with Crippen LogP contribution in [0.3, 0.4) is 0 Å². The lowest BCUT2D eigenvalue weighted by Crippen LogP contribution is -2.06. The van der Waals surface area contributed by atoms with Gasteiger partial charge >= 0.3 is 6.18 Å². The van der Waals surface area contributed by atoms with Crippen molar-refractivity contribution >= 4 is 11.5 Å². The van der Waals surface area contributed by atoms with Gasteiger partial charge in [0.1, 0.15) is 29.3 Å². The summed E-state index contributed by atoms with van der Waals surface area (Å²) in [7, 11) is 2.94. The molecule has 1 aliphatic carbocycles. The van der Waals surface area contributed by atoms with E-state index in [9.17, 15) is 18.3 Å². The van der Waals surface area contributed by atoms with Crippen LogP contribution in [-0.2, 0) is 12.8 Å². The number of hydrogen-bond donors (Lipinski definition) is 2. The molecule has 1 aliphatic rings. The SMILES string of the molecule is COc1cc(Nc2nc(-c3c(OC)ncnc3C3CC3)ncc2CO)ccc1-c1nc(C(F)(F)F)cn1C(C)C. The second-order valence-corrected chi connectivity index (χ2v) is 9.63. The summed E-state index contributed by atoms with van der Waals surface area (Å²) < 4.78 is 52.8. The molecule has 5 rings (SSSR count). The zero-order valence-corrected chi connectivity index (χ0v) is 22.3. The molecule has 0 aliphatic heterocycles. The number of nitrogens with zero attached hydrogens (tertiary/aromatic N) is 6. The van der Waals surface area contributed by atoms with Crippen molar-refractivity contribution < 1.29 is 27.8 Å². The molecule has 3 aromatic heterocycles. The molecule has 0 amide bonds. The van der Waals surface area contributed by atoms with Gasteiger partial charge in [0.15, 0.2) is 11.5 Å². The molecule has 1 aromatic carbocycles. The largest absolute Gasteiger partial charge is 0.496 e. The minimum atomic E-state index is -4.58. The third-order valence-corrected chi connectivity index (χ3v) is 6.54. The Morgan fingerprint density at radius 2 is 1.88 bits per heavy atom. The van der Waals surface area contributed by atoms with E-state index in [0.717, 1.165) is 24.7 Å². The van der Waals surface area contributed by atoms with E-state index in [1.807, 2.05) is 0 Å². The van der Waals surface area contributed by atoms with Gasteiger partial charge in [0, 0.05) is 41.7 Å². The average molecular weight is 556 g/mol.